The lowest BCUT2D eigenvalue weighted by Gasteiger charge is -2.18. The van der Waals surface area contributed by atoms with Crippen LogP contribution in [0, 0.1) is 0 Å². The number of hydrogen-bond donors (Lipinski definition) is 1. The average molecular weight is 371 g/mol. The number of rotatable bonds is 4. The van der Waals surface area contributed by atoms with Gasteiger partial charge in [0.25, 0.3) is 5.56 Å². The van der Waals surface area contributed by atoms with Crippen LogP contribution in [0.5, 0.6) is 5.75 Å². The maximum atomic E-state index is 12.9. The number of anilines is 1. The predicted molar refractivity (Wildman–Crippen MR) is 101 cm³/mol. The number of carbonyl (C=O) groups is 1. The number of carbonyl (C=O) groups excluding carboxylic acids is 1. The molecule has 1 N–H and O–H groups in total. The summed E-state index contributed by atoms with van der Waals surface area (Å²) in [6, 6.07) is 7.11. The summed E-state index contributed by atoms with van der Waals surface area (Å²) in [5.74, 6) is 1.29. The van der Waals surface area contributed by atoms with E-state index in [9.17, 15) is 9.59 Å². The number of aromatic nitrogens is 2. The molecule has 1 aromatic carbocycles. The second kappa shape index (κ2) is 7.15. The number of benzene rings is 1. The summed E-state index contributed by atoms with van der Waals surface area (Å²) in [6.45, 7) is 0. The molecular weight excluding hydrogens is 350 g/mol. The molecule has 4 rings (SSSR count). The summed E-state index contributed by atoms with van der Waals surface area (Å²) >= 11 is 1.57. The first kappa shape index (κ1) is 17.1. The maximum Gasteiger partial charge on any atom is 0.257 e. The van der Waals surface area contributed by atoms with Gasteiger partial charge in [-0.25, -0.2) is 4.98 Å². The fourth-order valence-corrected chi connectivity index (χ4v) is 4.75. The Morgan fingerprint density at radius 3 is 3.08 bits per heavy atom. The molecule has 1 atom stereocenters. The molecule has 6 nitrogen and oxygen atoms in total. The third kappa shape index (κ3) is 3.23. The first-order valence-electron chi connectivity index (χ1n) is 8.86. The summed E-state index contributed by atoms with van der Waals surface area (Å²) in [6.07, 6.45) is 4.09. The number of aryl methyl sites for hydroxylation is 1. The van der Waals surface area contributed by atoms with Crippen molar-refractivity contribution in [2.45, 2.75) is 43.3 Å². The number of thioether (sulfide) groups is 1. The molecule has 1 unspecified atom stereocenters. The number of hydrogen-bond acceptors (Lipinski definition) is 5. The summed E-state index contributed by atoms with van der Waals surface area (Å²) in [4.78, 5) is 30.1. The number of methoxy groups -OCH3 is 1. The first-order valence-corrected chi connectivity index (χ1v) is 9.85. The van der Waals surface area contributed by atoms with Crippen molar-refractivity contribution in [3.05, 3.63) is 45.9 Å². The molecule has 0 saturated heterocycles. The van der Waals surface area contributed by atoms with Gasteiger partial charge in [-0.2, -0.15) is 0 Å². The summed E-state index contributed by atoms with van der Waals surface area (Å²) in [5.41, 5.74) is 2.55. The van der Waals surface area contributed by atoms with Gasteiger partial charge in [-0.15, -0.1) is 0 Å². The van der Waals surface area contributed by atoms with E-state index >= 15 is 0 Å². The number of fused-ring (bicyclic) bond motifs is 2. The molecule has 0 fully saturated rings. The molecule has 1 amide bonds. The van der Waals surface area contributed by atoms with Crippen LogP contribution in [0.2, 0.25) is 0 Å². The van der Waals surface area contributed by atoms with Crippen LogP contribution in [0.1, 0.15) is 36.6 Å². The minimum Gasteiger partial charge on any atom is -0.497 e. The lowest BCUT2D eigenvalue weighted by molar-refractivity contribution is -0.116. The van der Waals surface area contributed by atoms with E-state index in [-0.39, 0.29) is 23.9 Å². The molecule has 0 bridgehead atoms. The van der Waals surface area contributed by atoms with Crippen molar-refractivity contribution in [1.82, 2.24) is 9.55 Å². The van der Waals surface area contributed by atoms with E-state index in [2.05, 4.69) is 5.32 Å². The zero-order valence-corrected chi connectivity index (χ0v) is 15.5. The Balaban J connectivity index is 1.52. The second-order valence-electron chi connectivity index (χ2n) is 6.65. The lowest BCUT2D eigenvalue weighted by atomic mass is 9.97. The molecular formula is C19H21N3O3S. The third-order valence-corrected chi connectivity index (χ3v) is 5.99. The van der Waals surface area contributed by atoms with Crippen molar-refractivity contribution in [3.63, 3.8) is 0 Å². The molecule has 2 aliphatic rings. The standard InChI is InChI=1S/C19H21N3O3S/c1-25-14-6-4-5-12(9-14)20-17(23)10-13-11-26-19-21-16-8-3-2-7-15(16)18(24)22(13)19/h4-6,9,13H,2-3,7-8,10-11H2,1H3,(H,20,23). The molecule has 136 valence electrons. The first-order chi connectivity index (χ1) is 12.7. The van der Waals surface area contributed by atoms with Crippen LogP contribution in [0.15, 0.2) is 34.2 Å². The molecule has 0 spiro atoms. The number of nitrogens with one attached hydrogen (secondary N) is 1. The minimum absolute atomic E-state index is 0.0499. The van der Waals surface area contributed by atoms with Crippen molar-refractivity contribution < 1.29 is 9.53 Å². The van der Waals surface area contributed by atoms with E-state index in [1.165, 1.54) is 0 Å². The molecule has 26 heavy (non-hydrogen) atoms. The SMILES string of the molecule is COc1cccc(NC(=O)CC2CSc3nc4c(c(=O)n32)CCCC4)c1. The monoisotopic (exact) mass is 371 g/mol. The Kier molecular flexibility index (Phi) is 4.72. The van der Waals surface area contributed by atoms with Crippen molar-refractivity contribution >= 4 is 23.4 Å². The Morgan fingerprint density at radius 2 is 2.23 bits per heavy atom. The zero-order valence-electron chi connectivity index (χ0n) is 14.7. The van der Waals surface area contributed by atoms with Crippen molar-refractivity contribution in [2.24, 2.45) is 0 Å². The normalized spacial score (nSPS) is 18.1. The third-order valence-electron chi connectivity index (χ3n) is 4.90. The molecule has 7 heteroatoms. The summed E-state index contributed by atoms with van der Waals surface area (Å²) in [7, 11) is 1.59. The fraction of sp³-hybridized carbons (Fsp3) is 0.421. The van der Waals surface area contributed by atoms with Crippen LogP contribution < -0.4 is 15.6 Å². The molecule has 0 saturated carbocycles. The van der Waals surface area contributed by atoms with E-state index in [0.717, 1.165) is 42.1 Å². The maximum absolute atomic E-state index is 12.9. The highest BCUT2D eigenvalue weighted by atomic mass is 32.2. The van der Waals surface area contributed by atoms with Gasteiger partial charge in [0, 0.05) is 29.5 Å². The number of amides is 1. The van der Waals surface area contributed by atoms with Crippen LogP contribution in [0.3, 0.4) is 0 Å². The zero-order chi connectivity index (χ0) is 18.1. The van der Waals surface area contributed by atoms with Gasteiger partial charge in [-0.3, -0.25) is 14.2 Å². The fourth-order valence-electron chi connectivity index (χ4n) is 3.59. The van der Waals surface area contributed by atoms with Crippen LogP contribution in [-0.2, 0) is 17.6 Å². The van der Waals surface area contributed by atoms with E-state index in [0.29, 0.717) is 17.2 Å². The molecule has 1 aliphatic carbocycles. The van der Waals surface area contributed by atoms with Crippen LogP contribution in [-0.4, -0.2) is 28.3 Å². The van der Waals surface area contributed by atoms with Gasteiger partial charge in [-0.05, 0) is 37.8 Å². The van der Waals surface area contributed by atoms with Gasteiger partial charge in [0.15, 0.2) is 5.16 Å². The van der Waals surface area contributed by atoms with E-state index in [1.807, 2.05) is 18.2 Å². The quantitative estimate of drug-likeness (QED) is 0.837. The average Bonchev–Trinajstić information content (AvgIpc) is 3.04. The molecule has 1 aliphatic heterocycles. The summed E-state index contributed by atoms with van der Waals surface area (Å²) < 4.78 is 6.91. The van der Waals surface area contributed by atoms with Crippen LogP contribution >= 0.6 is 11.8 Å². The van der Waals surface area contributed by atoms with Crippen molar-refractivity contribution in [2.75, 3.05) is 18.2 Å². The second-order valence-corrected chi connectivity index (χ2v) is 7.64. The molecule has 2 heterocycles. The Labute approximate surface area is 156 Å². The van der Waals surface area contributed by atoms with Crippen molar-refractivity contribution in [1.29, 1.82) is 0 Å². The highest BCUT2D eigenvalue weighted by Gasteiger charge is 2.30. The largest absolute Gasteiger partial charge is 0.497 e. The highest BCUT2D eigenvalue weighted by Crippen LogP contribution is 2.34. The molecule has 1 aromatic heterocycles. The Bertz CT molecular complexity index is 909. The van der Waals surface area contributed by atoms with Gasteiger partial charge in [0.2, 0.25) is 5.91 Å². The smallest absolute Gasteiger partial charge is 0.257 e. The topological polar surface area (TPSA) is 73.2 Å². The number of ether oxygens (including phenoxy) is 1. The van der Waals surface area contributed by atoms with E-state index in [1.54, 1.807) is 29.5 Å². The van der Waals surface area contributed by atoms with E-state index < -0.39 is 0 Å². The molecule has 0 radical (unpaired) electrons. The van der Waals surface area contributed by atoms with Gasteiger partial charge < -0.3 is 10.1 Å². The number of nitrogens with zero attached hydrogens (tertiary/aromatic N) is 2. The van der Waals surface area contributed by atoms with Gasteiger partial charge in [0.05, 0.1) is 18.8 Å². The van der Waals surface area contributed by atoms with Crippen LogP contribution in [0.25, 0.3) is 0 Å². The van der Waals surface area contributed by atoms with Gasteiger partial charge >= 0.3 is 0 Å². The van der Waals surface area contributed by atoms with E-state index in [4.69, 9.17) is 9.72 Å². The highest BCUT2D eigenvalue weighted by molar-refractivity contribution is 7.99. The predicted octanol–water partition coefficient (Wildman–Crippen LogP) is 2.81. The summed E-state index contributed by atoms with van der Waals surface area (Å²) in [5, 5.41) is 3.65. The Morgan fingerprint density at radius 1 is 1.38 bits per heavy atom. The molecule has 2 aromatic rings. The van der Waals surface area contributed by atoms with Crippen LogP contribution in [0.4, 0.5) is 5.69 Å². The minimum atomic E-state index is -0.146. The van der Waals surface area contributed by atoms with Crippen molar-refractivity contribution in [3.8, 4) is 5.75 Å². The van der Waals surface area contributed by atoms with Gasteiger partial charge in [-0.1, -0.05) is 17.8 Å². The lowest BCUT2D eigenvalue weighted by Crippen LogP contribution is -2.32. The van der Waals surface area contributed by atoms with Gasteiger partial charge in [0.1, 0.15) is 5.75 Å². The Hall–Kier alpha value is -2.28.